The van der Waals surface area contributed by atoms with Crippen molar-refractivity contribution in [3.63, 3.8) is 0 Å². The SMILES string of the molecule is CSCCC(NC(=S)NC(=O)c1ccc(C)cc1)C(=O)OC(C)C. The van der Waals surface area contributed by atoms with Crippen LogP contribution in [0.5, 0.6) is 0 Å². The average molecular weight is 369 g/mol. The Hall–Kier alpha value is -1.60. The predicted molar refractivity (Wildman–Crippen MR) is 102 cm³/mol. The highest BCUT2D eigenvalue weighted by molar-refractivity contribution is 7.98. The topological polar surface area (TPSA) is 67.4 Å². The Morgan fingerprint density at radius 3 is 2.42 bits per heavy atom. The summed E-state index contributed by atoms with van der Waals surface area (Å²) in [7, 11) is 0. The third kappa shape index (κ3) is 7.31. The maximum atomic E-state index is 12.2. The van der Waals surface area contributed by atoms with Crippen molar-refractivity contribution in [3.8, 4) is 0 Å². The minimum absolute atomic E-state index is 0.118. The first-order valence-corrected chi connectivity index (χ1v) is 9.51. The molecule has 7 heteroatoms. The smallest absolute Gasteiger partial charge is 0.328 e. The number of carbonyl (C=O) groups is 2. The summed E-state index contributed by atoms with van der Waals surface area (Å²) in [6.45, 7) is 5.53. The van der Waals surface area contributed by atoms with E-state index < -0.39 is 6.04 Å². The number of thiocarbonyl (C=S) groups is 1. The van der Waals surface area contributed by atoms with Crippen molar-refractivity contribution in [1.29, 1.82) is 0 Å². The van der Waals surface area contributed by atoms with Crippen LogP contribution >= 0.6 is 24.0 Å². The van der Waals surface area contributed by atoms with E-state index in [4.69, 9.17) is 17.0 Å². The van der Waals surface area contributed by atoms with Crippen molar-refractivity contribution in [2.45, 2.75) is 39.3 Å². The maximum Gasteiger partial charge on any atom is 0.328 e. The van der Waals surface area contributed by atoms with Crippen molar-refractivity contribution in [1.82, 2.24) is 10.6 Å². The molecular formula is C17H24N2O3S2. The summed E-state index contributed by atoms with van der Waals surface area (Å²) in [6.07, 6.45) is 2.32. The highest BCUT2D eigenvalue weighted by atomic mass is 32.2. The van der Waals surface area contributed by atoms with E-state index in [9.17, 15) is 9.59 Å². The van der Waals surface area contributed by atoms with Crippen molar-refractivity contribution >= 4 is 41.0 Å². The van der Waals surface area contributed by atoms with E-state index in [0.29, 0.717) is 12.0 Å². The van der Waals surface area contributed by atoms with Gasteiger partial charge in [-0.2, -0.15) is 11.8 Å². The monoisotopic (exact) mass is 368 g/mol. The Labute approximate surface area is 152 Å². The fourth-order valence-corrected chi connectivity index (χ4v) is 2.58. The summed E-state index contributed by atoms with van der Waals surface area (Å²) in [5.74, 6) is 0.0960. The van der Waals surface area contributed by atoms with Crippen molar-refractivity contribution in [3.05, 3.63) is 35.4 Å². The predicted octanol–water partition coefficient (Wildman–Crippen LogP) is 2.67. The number of benzene rings is 1. The molecule has 0 spiro atoms. The molecule has 2 N–H and O–H groups in total. The number of hydrogen-bond donors (Lipinski definition) is 2. The quantitative estimate of drug-likeness (QED) is 0.570. The van der Waals surface area contributed by atoms with Crippen LogP contribution in [0.4, 0.5) is 0 Å². The molecule has 1 unspecified atom stereocenters. The minimum atomic E-state index is -0.578. The molecule has 24 heavy (non-hydrogen) atoms. The fourth-order valence-electron chi connectivity index (χ4n) is 1.87. The van der Waals surface area contributed by atoms with Gasteiger partial charge in [-0.1, -0.05) is 17.7 Å². The molecule has 0 heterocycles. The standard InChI is InChI=1S/C17H24N2O3S2/c1-11(2)22-16(21)14(9-10-24-4)18-17(23)19-15(20)13-7-5-12(3)6-8-13/h5-8,11,14H,9-10H2,1-4H3,(H2,18,19,20,23). The molecule has 1 aromatic rings. The maximum absolute atomic E-state index is 12.2. The van der Waals surface area contributed by atoms with Crippen molar-refractivity contribution in [2.75, 3.05) is 12.0 Å². The Morgan fingerprint density at radius 2 is 1.88 bits per heavy atom. The summed E-state index contributed by atoms with van der Waals surface area (Å²) < 4.78 is 5.23. The number of aryl methyl sites for hydroxylation is 1. The van der Waals surface area contributed by atoms with E-state index in [0.717, 1.165) is 11.3 Å². The number of nitrogens with one attached hydrogen (secondary N) is 2. The summed E-state index contributed by atoms with van der Waals surface area (Å²) in [5, 5.41) is 5.60. The van der Waals surface area contributed by atoms with E-state index in [2.05, 4.69) is 10.6 Å². The number of ether oxygens (including phenoxy) is 1. The second kappa shape index (κ2) is 10.3. The summed E-state index contributed by atoms with van der Waals surface area (Å²) in [5.41, 5.74) is 1.58. The van der Waals surface area contributed by atoms with Gasteiger partial charge in [0.15, 0.2) is 5.11 Å². The van der Waals surface area contributed by atoms with Crippen LogP contribution in [0.2, 0.25) is 0 Å². The second-order valence-electron chi connectivity index (χ2n) is 5.61. The third-order valence-electron chi connectivity index (χ3n) is 3.09. The molecule has 1 atom stereocenters. The molecule has 0 fully saturated rings. The molecule has 0 radical (unpaired) electrons. The van der Waals surface area contributed by atoms with Crippen LogP contribution in [0.25, 0.3) is 0 Å². The van der Waals surface area contributed by atoms with Gasteiger partial charge in [-0.25, -0.2) is 4.79 Å². The van der Waals surface area contributed by atoms with E-state index in [1.807, 2.05) is 25.3 Å². The molecule has 0 aliphatic carbocycles. The third-order valence-corrected chi connectivity index (χ3v) is 3.96. The number of thioether (sulfide) groups is 1. The Bertz CT molecular complexity index is 574. The van der Waals surface area contributed by atoms with E-state index in [-0.39, 0.29) is 23.1 Å². The van der Waals surface area contributed by atoms with Gasteiger partial charge in [0, 0.05) is 5.56 Å². The molecule has 132 valence electrons. The molecule has 1 aromatic carbocycles. The highest BCUT2D eigenvalue weighted by Crippen LogP contribution is 2.05. The van der Waals surface area contributed by atoms with Crippen LogP contribution in [0.15, 0.2) is 24.3 Å². The first kappa shape index (κ1) is 20.4. The Kier molecular flexibility index (Phi) is 8.78. The highest BCUT2D eigenvalue weighted by Gasteiger charge is 2.22. The molecule has 0 bridgehead atoms. The fraction of sp³-hybridized carbons (Fsp3) is 0.471. The Balaban J connectivity index is 2.64. The lowest BCUT2D eigenvalue weighted by Gasteiger charge is -2.20. The summed E-state index contributed by atoms with van der Waals surface area (Å²) >= 11 is 6.78. The zero-order valence-electron chi connectivity index (χ0n) is 14.4. The van der Waals surface area contributed by atoms with Crippen molar-refractivity contribution < 1.29 is 14.3 Å². The largest absolute Gasteiger partial charge is 0.461 e. The van der Waals surface area contributed by atoms with Gasteiger partial charge >= 0.3 is 5.97 Å². The zero-order valence-corrected chi connectivity index (χ0v) is 16.1. The van der Waals surface area contributed by atoms with Gasteiger partial charge in [0.05, 0.1) is 6.10 Å². The van der Waals surface area contributed by atoms with Crippen LogP contribution in [0.3, 0.4) is 0 Å². The Morgan fingerprint density at radius 1 is 1.25 bits per heavy atom. The van der Waals surface area contributed by atoms with E-state index in [1.54, 1.807) is 37.7 Å². The lowest BCUT2D eigenvalue weighted by molar-refractivity contribution is -0.149. The van der Waals surface area contributed by atoms with Gasteiger partial charge in [0.25, 0.3) is 5.91 Å². The van der Waals surface area contributed by atoms with E-state index >= 15 is 0 Å². The molecule has 1 amide bonds. The van der Waals surface area contributed by atoms with Crippen molar-refractivity contribution in [2.24, 2.45) is 0 Å². The lowest BCUT2D eigenvalue weighted by Crippen LogP contribution is -2.48. The van der Waals surface area contributed by atoms with Gasteiger partial charge < -0.3 is 10.1 Å². The zero-order chi connectivity index (χ0) is 18.1. The van der Waals surface area contributed by atoms with Gasteiger partial charge in [-0.3, -0.25) is 10.1 Å². The van der Waals surface area contributed by atoms with Gasteiger partial charge in [0.1, 0.15) is 6.04 Å². The summed E-state index contributed by atoms with van der Waals surface area (Å²) in [6, 6.07) is 6.58. The average Bonchev–Trinajstić information content (AvgIpc) is 2.51. The molecule has 0 aromatic heterocycles. The molecular weight excluding hydrogens is 344 g/mol. The van der Waals surface area contributed by atoms with Crippen LogP contribution in [0, 0.1) is 6.92 Å². The van der Waals surface area contributed by atoms with Crippen LogP contribution in [-0.2, 0) is 9.53 Å². The number of carbonyl (C=O) groups excluding carboxylic acids is 2. The molecule has 0 saturated carbocycles. The van der Waals surface area contributed by atoms with Gasteiger partial charge in [-0.15, -0.1) is 0 Å². The molecule has 5 nitrogen and oxygen atoms in total. The number of amides is 1. The molecule has 0 aliphatic rings. The van der Waals surface area contributed by atoms with Crippen LogP contribution in [0.1, 0.15) is 36.2 Å². The molecule has 0 saturated heterocycles. The molecule has 1 rings (SSSR count). The first-order valence-electron chi connectivity index (χ1n) is 7.71. The number of esters is 1. The number of rotatable bonds is 7. The van der Waals surface area contributed by atoms with Crippen LogP contribution < -0.4 is 10.6 Å². The van der Waals surface area contributed by atoms with Crippen LogP contribution in [-0.4, -0.2) is 41.1 Å². The number of hydrogen-bond acceptors (Lipinski definition) is 5. The normalized spacial score (nSPS) is 11.7. The second-order valence-corrected chi connectivity index (χ2v) is 7.01. The van der Waals surface area contributed by atoms with Gasteiger partial charge in [0.2, 0.25) is 0 Å². The van der Waals surface area contributed by atoms with Gasteiger partial charge in [-0.05, 0) is 63.6 Å². The molecule has 0 aliphatic heterocycles. The first-order chi connectivity index (χ1) is 11.3. The lowest BCUT2D eigenvalue weighted by atomic mass is 10.1. The van der Waals surface area contributed by atoms with E-state index in [1.165, 1.54) is 0 Å². The summed E-state index contributed by atoms with van der Waals surface area (Å²) in [4.78, 5) is 24.3. The minimum Gasteiger partial charge on any atom is -0.461 e.